The zero-order valence-corrected chi connectivity index (χ0v) is 15.7. The summed E-state index contributed by atoms with van der Waals surface area (Å²) < 4.78 is 0. The van der Waals surface area contributed by atoms with Crippen molar-refractivity contribution in [3.8, 4) is 0 Å². The lowest BCUT2D eigenvalue weighted by Gasteiger charge is -2.34. The van der Waals surface area contributed by atoms with Crippen LogP contribution in [0.2, 0.25) is 0 Å². The number of hydrogen-bond acceptors (Lipinski definition) is 4. The number of carbonyl (C=O) groups excluding carboxylic acids is 1. The Morgan fingerprint density at radius 3 is 2.19 bits per heavy atom. The van der Waals surface area contributed by atoms with Gasteiger partial charge in [-0.05, 0) is 28.7 Å². The van der Waals surface area contributed by atoms with Crippen molar-refractivity contribution in [2.45, 2.75) is 26.2 Å². The Labute approximate surface area is 155 Å². The molecule has 1 aromatic carbocycles. The summed E-state index contributed by atoms with van der Waals surface area (Å²) in [6, 6.07) is 10.2. The van der Waals surface area contributed by atoms with Crippen LogP contribution in [0.1, 0.15) is 31.9 Å². The van der Waals surface area contributed by atoms with Crippen LogP contribution in [0.5, 0.6) is 0 Å². The molecule has 0 aliphatic carbocycles. The molecule has 0 atom stereocenters. The van der Waals surface area contributed by atoms with Gasteiger partial charge < -0.3 is 9.80 Å². The molecule has 1 aliphatic rings. The molecule has 1 amide bonds. The van der Waals surface area contributed by atoms with Crippen LogP contribution < -0.4 is 4.90 Å². The second-order valence-electron chi connectivity index (χ2n) is 7.57. The van der Waals surface area contributed by atoms with Crippen LogP contribution in [0.4, 0.5) is 5.95 Å². The van der Waals surface area contributed by atoms with Gasteiger partial charge >= 0.3 is 0 Å². The average molecular weight is 350 g/mol. The molecular weight excluding hydrogens is 324 g/mol. The quantitative estimate of drug-likeness (QED) is 0.798. The second kappa shape index (κ2) is 7.68. The molecule has 2 heterocycles. The third-order valence-electron chi connectivity index (χ3n) is 4.62. The zero-order valence-electron chi connectivity index (χ0n) is 15.7. The molecule has 2 aromatic rings. The molecule has 1 aliphatic heterocycles. The Balaban J connectivity index is 1.55. The standard InChI is InChI=1S/C21H26N4O/c1-21(2,3)18-8-5-17(6-9-18)7-10-19(26)24-13-15-25(16-14-24)20-22-11-4-12-23-20/h4-12H,13-16H2,1-3H3/b10-7+. The lowest BCUT2D eigenvalue weighted by atomic mass is 9.87. The number of carbonyl (C=O) groups is 1. The first-order chi connectivity index (χ1) is 12.4. The molecule has 5 nitrogen and oxygen atoms in total. The fourth-order valence-corrected chi connectivity index (χ4v) is 2.95. The summed E-state index contributed by atoms with van der Waals surface area (Å²) in [5, 5.41) is 0. The third kappa shape index (κ3) is 4.48. The minimum absolute atomic E-state index is 0.0542. The van der Waals surface area contributed by atoms with E-state index < -0.39 is 0 Å². The first-order valence-corrected chi connectivity index (χ1v) is 9.03. The first kappa shape index (κ1) is 18.1. The van der Waals surface area contributed by atoms with E-state index in [-0.39, 0.29) is 11.3 Å². The maximum atomic E-state index is 12.4. The largest absolute Gasteiger partial charge is 0.337 e. The van der Waals surface area contributed by atoms with Gasteiger partial charge in [-0.15, -0.1) is 0 Å². The monoisotopic (exact) mass is 350 g/mol. The maximum absolute atomic E-state index is 12.4. The second-order valence-corrected chi connectivity index (χ2v) is 7.57. The van der Waals surface area contributed by atoms with Gasteiger partial charge in [0, 0.05) is 44.6 Å². The minimum atomic E-state index is 0.0542. The topological polar surface area (TPSA) is 49.3 Å². The van der Waals surface area contributed by atoms with Crippen molar-refractivity contribution >= 4 is 17.9 Å². The Hall–Kier alpha value is -2.69. The van der Waals surface area contributed by atoms with Crippen molar-refractivity contribution in [1.29, 1.82) is 0 Å². The number of nitrogens with zero attached hydrogens (tertiary/aromatic N) is 4. The highest BCUT2D eigenvalue weighted by molar-refractivity contribution is 5.92. The first-order valence-electron chi connectivity index (χ1n) is 9.03. The fraction of sp³-hybridized carbons (Fsp3) is 0.381. The van der Waals surface area contributed by atoms with Crippen LogP contribution in [0.25, 0.3) is 6.08 Å². The normalized spacial score (nSPS) is 15.5. The molecular formula is C21H26N4O. The number of anilines is 1. The van der Waals surface area contributed by atoms with E-state index >= 15 is 0 Å². The Bertz CT molecular complexity index is 755. The van der Waals surface area contributed by atoms with E-state index in [0.29, 0.717) is 13.1 Å². The number of benzene rings is 1. The summed E-state index contributed by atoms with van der Waals surface area (Å²) in [5.41, 5.74) is 2.48. The van der Waals surface area contributed by atoms with Gasteiger partial charge in [0.25, 0.3) is 0 Å². The molecule has 0 saturated carbocycles. The summed E-state index contributed by atoms with van der Waals surface area (Å²) >= 11 is 0. The summed E-state index contributed by atoms with van der Waals surface area (Å²) in [7, 11) is 0. The molecule has 1 aromatic heterocycles. The van der Waals surface area contributed by atoms with Gasteiger partial charge in [-0.1, -0.05) is 45.0 Å². The number of amides is 1. The van der Waals surface area contributed by atoms with Crippen LogP contribution in [-0.2, 0) is 10.2 Å². The Morgan fingerprint density at radius 1 is 1.00 bits per heavy atom. The lowest BCUT2D eigenvalue weighted by molar-refractivity contribution is -0.126. The van der Waals surface area contributed by atoms with Crippen molar-refractivity contribution in [2.24, 2.45) is 0 Å². The van der Waals surface area contributed by atoms with E-state index in [1.165, 1.54) is 5.56 Å². The molecule has 0 radical (unpaired) electrons. The van der Waals surface area contributed by atoms with Gasteiger partial charge in [0.15, 0.2) is 0 Å². The molecule has 1 fully saturated rings. The van der Waals surface area contributed by atoms with Gasteiger partial charge in [-0.25, -0.2) is 9.97 Å². The van der Waals surface area contributed by atoms with Crippen LogP contribution in [0.15, 0.2) is 48.8 Å². The lowest BCUT2D eigenvalue weighted by Crippen LogP contribution is -2.48. The Morgan fingerprint density at radius 2 is 1.62 bits per heavy atom. The van der Waals surface area contributed by atoms with E-state index in [9.17, 15) is 4.79 Å². The molecule has 0 unspecified atom stereocenters. The third-order valence-corrected chi connectivity index (χ3v) is 4.62. The summed E-state index contributed by atoms with van der Waals surface area (Å²) in [6.45, 7) is 9.47. The van der Waals surface area contributed by atoms with Crippen molar-refractivity contribution in [1.82, 2.24) is 14.9 Å². The number of piperazine rings is 1. The predicted molar refractivity (Wildman–Crippen MR) is 105 cm³/mol. The minimum Gasteiger partial charge on any atom is -0.337 e. The van der Waals surface area contributed by atoms with Gasteiger partial charge in [0.2, 0.25) is 11.9 Å². The number of hydrogen-bond donors (Lipinski definition) is 0. The average Bonchev–Trinajstić information content (AvgIpc) is 2.66. The van der Waals surface area contributed by atoms with Crippen molar-refractivity contribution in [3.63, 3.8) is 0 Å². The summed E-state index contributed by atoms with van der Waals surface area (Å²) in [5.74, 6) is 0.785. The smallest absolute Gasteiger partial charge is 0.246 e. The SMILES string of the molecule is CC(C)(C)c1ccc(/C=C/C(=O)N2CCN(c3ncccn3)CC2)cc1. The van der Waals surface area contributed by atoms with Gasteiger partial charge in [0.1, 0.15) is 0 Å². The van der Waals surface area contributed by atoms with E-state index in [0.717, 1.165) is 24.6 Å². The van der Waals surface area contributed by atoms with Crippen molar-refractivity contribution < 1.29 is 4.79 Å². The Kier molecular flexibility index (Phi) is 5.35. The van der Waals surface area contributed by atoms with Crippen LogP contribution >= 0.6 is 0 Å². The molecule has 1 saturated heterocycles. The van der Waals surface area contributed by atoms with Crippen molar-refractivity contribution in [2.75, 3.05) is 31.1 Å². The van der Waals surface area contributed by atoms with Crippen molar-refractivity contribution in [3.05, 3.63) is 59.9 Å². The van der Waals surface area contributed by atoms with E-state index in [2.05, 4.69) is 59.9 Å². The van der Waals surface area contributed by atoms with E-state index in [1.807, 2.05) is 17.0 Å². The highest BCUT2D eigenvalue weighted by atomic mass is 16.2. The molecule has 0 N–H and O–H groups in total. The van der Waals surface area contributed by atoms with Crippen LogP contribution in [0.3, 0.4) is 0 Å². The highest BCUT2D eigenvalue weighted by Crippen LogP contribution is 2.22. The molecule has 136 valence electrons. The van der Waals surface area contributed by atoms with E-state index in [4.69, 9.17) is 0 Å². The fourth-order valence-electron chi connectivity index (χ4n) is 2.95. The van der Waals surface area contributed by atoms with Gasteiger partial charge in [-0.3, -0.25) is 4.79 Å². The summed E-state index contributed by atoms with van der Waals surface area (Å²) in [4.78, 5) is 25.0. The van der Waals surface area contributed by atoms with Crippen LogP contribution in [-0.4, -0.2) is 47.0 Å². The molecule has 26 heavy (non-hydrogen) atoms. The maximum Gasteiger partial charge on any atom is 0.246 e. The number of rotatable bonds is 3. The highest BCUT2D eigenvalue weighted by Gasteiger charge is 2.21. The number of aromatic nitrogens is 2. The molecule has 5 heteroatoms. The molecule has 3 rings (SSSR count). The molecule has 0 bridgehead atoms. The van der Waals surface area contributed by atoms with Crippen LogP contribution in [0, 0.1) is 0 Å². The zero-order chi connectivity index (χ0) is 18.6. The summed E-state index contributed by atoms with van der Waals surface area (Å²) in [6.07, 6.45) is 7.04. The van der Waals surface area contributed by atoms with Gasteiger partial charge in [-0.2, -0.15) is 0 Å². The van der Waals surface area contributed by atoms with E-state index in [1.54, 1.807) is 18.5 Å². The molecule has 0 spiro atoms. The van der Waals surface area contributed by atoms with Gasteiger partial charge in [0.05, 0.1) is 0 Å². The predicted octanol–water partition coefficient (Wildman–Crippen LogP) is 3.14.